The number of morpholine rings is 1. The molecule has 1 aliphatic rings. The Balaban J connectivity index is 2.20. The van der Waals surface area contributed by atoms with E-state index in [9.17, 15) is 4.79 Å². The van der Waals surface area contributed by atoms with Crippen molar-refractivity contribution in [1.82, 2.24) is 4.90 Å². The fraction of sp³-hybridized carbons (Fsp3) is 0.533. The molecule has 1 aliphatic heterocycles. The first-order valence-corrected chi connectivity index (χ1v) is 6.97. The average molecular weight is 279 g/mol. The molecule has 0 bridgehead atoms. The van der Waals surface area contributed by atoms with Gasteiger partial charge in [-0.2, -0.15) is 0 Å². The van der Waals surface area contributed by atoms with Crippen molar-refractivity contribution in [3.8, 4) is 5.75 Å². The fourth-order valence-electron chi connectivity index (χ4n) is 2.49. The second-order valence-corrected chi connectivity index (χ2v) is 4.77. The van der Waals surface area contributed by atoms with Crippen molar-refractivity contribution in [2.24, 2.45) is 0 Å². The third-order valence-electron chi connectivity index (χ3n) is 3.41. The van der Waals surface area contributed by atoms with Crippen LogP contribution in [0.2, 0.25) is 0 Å². The third kappa shape index (κ3) is 3.95. The lowest BCUT2D eigenvalue weighted by Gasteiger charge is -2.34. The molecule has 1 N–H and O–H groups in total. The maximum Gasteiger partial charge on any atom is 0.305 e. The zero-order valence-electron chi connectivity index (χ0n) is 11.7. The SMILES string of the molecule is CCOc1cccc(C(CC(=O)O)N2CCOCC2)c1. The first kappa shape index (κ1) is 14.8. The number of carbonyl (C=O) groups is 1. The highest BCUT2D eigenvalue weighted by Gasteiger charge is 2.25. The van der Waals surface area contributed by atoms with Gasteiger partial charge in [-0.25, -0.2) is 0 Å². The van der Waals surface area contributed by atoms with E-state index >= 15 is 0 Å². The van der Waals surface area contributed by atoms with E-state index in [0.29, 0.717) is 19.8 Å². The third-order valence-corrected chi connectivity index (χ3v) is 3.41. The summed E-state index contributed by atoms with van der Waals surface area (Å²) >= 11 is 0. The Morgan fingerprint density at radius 2 is 2.20 bits per heavy atom. The Morgan fingerprint density at radius 1 is 1.45 bits per heavy atom. The molecule has 20 heavy (non-hydrogen) atoms. The molecule has 1 fully saturated rings. The molecular weight excluding hydrogens is 258 g/mol. The molecule has 1 aromatic carbocycles. The molecule has 110 valence electrons. The maximum absolute atomic E-state index is 11.1. The minimum atomic E-state index is -0.789. The number of rotatable bonds is 6. The van der Waals surface area contributed by atoms with E-state index in [-0.39, 0.29) is 12.5 Å². The van der Waals surface area contributed by atoms with Crippen molar-refractivity contribution in [2.75, 3.05) is 32.9 Å². The molecule has 1 heterocycles. The molecule has 1 atom stereocenters. The molecule has 2 rings (SSSR count). The Hall–Kier alpha value is -1.59. The van der Waals surface area contributed by atoms with Crippen LogP contribution in [0.25, 0.3) is 0 Å². The van der Waals surface area contributed by atoms with Gasteiger partial charge in [0.1, 0.15) is 5.75 Å². The lowest BCUT2D eigenvalue weighted by Crippen LogP contribution is -2.39. The normalized spacial score (nSPS) is 17.6. The van der Waals surface area contributed by atoms with Crippen LogP contribution in [-0.2, 0) is 9.53 Å². The molecule has 1 saturated heterocycles. The highest BCUT2D eigenvalue weighted by atomic mass is 16.5. The molecule has 0 amide bonds. The molecule has 0 aromatic heterocycles. The highest BCUT2D eigenvalue weighted by Crippen LogP contribution is 2.28. The number of hydrogen-bond acceptors (Lipinski definition) is 4. The Morgan fingerprint density at radius 3 is 2.85 bits per heavy atom. The minimum absolute atomic E-state index is 0.0928. The number of hydrogen-bond donors (Lipinski definition) is 1. The fourth-order valence-corrected chi connectivity index (χ4v) is 2.49. The number of ether oxygens (including phenoxy) is 2. The van der Waals surface area contributed by atoms with Crippen LogP contribution in [-0.4, -0.2) is 48.9 Å². The summed E-state index contributed by atoms with van der Waals surface area (Å²) < 4.78 is 10.8. The summed E-state index contributed by atoms with van der Waals surface area (Å²) in [5.74, 6) is -0.00282. The topological polar surface area (TPSA) is 59.0 Å². The second-order valence-electron chi connectivity index (χ2n) is 4.77. The largest absolute Gasteiger partial charge is 0.494 e. The first-order valence-electron chi connectivity index (χ1n) is 6.97. The molecule has 5 heteroatoms. The van der Waals surface area contributed by atoms with Gasteiger partial charge < -0.3 is 14.6 Å². The standard InChI is InChI=1S/C15H21NO4/c1-2-20-13-5-3-4-12(10-13)14(11-15(17)18)16-6-8-19-9-7-16/h3-5,10,14H,2,6-9,11H2,1H3,(H,17,18). The highest BCUT2D eigenvalue weighted by molar-refractivity contribution is 5.68. The average Bonchev–Trinajstić information content (AvgIpc) is 2.46. The number of carboxylic acids is 1. The smallest absolute Gasteiger partial charge is 0.305 e. The Bertz CT molecular complexity index is 443. The van der Waals surface area contributed by atoms with Gasteiger partial charge in [-0.15, -0.1) is 0 Å². The molecular formula is C15H21NO4. The molecule has 0 spiro atoms. The number of aliphatic carboxylic acids is 1. The molecule has 1 aromatic rings. The van der Waals surface area contributed by atoms with Crippen LogP contribution in [0, 0.1) is 0 Å². The van der Waals surface area contributed by atoms with Crippen LogP contribution in [0.4, 0.5) is 0 Å². The van der Waals surface area contributed by atoms with Crippen molar-refractivity contribution in [1.29, 1.82) is 0 Å². The van der Waals surface area contributed by atoms with Gasteiger partial charge in [0.25, 0.3) is 0 Å². The monoisotopic (exact) mass is 279 g/mol. The predicted molar refractivity (Wildman–Crippen MR) is 75.0 cm³/mol. The van der Waals surface area contributed by atoms with Gasteiger partial charge in [0.15, 0.2) is 0 Å². The van der Waals surface area contributed by atoms with Gasteiger partial charge in [-0.05, 0) is 24.6 Å². The van der Waals surface area contributed by atoms with E-state index in [1.54, 1.807) is 0 Å². The van der Waals surface area contributed by atoms with Crippen LogP contribution >= 0.6 is 0 Å². The van der Waals surface area contributed by atoms with Gasteiger partial charge in [-0.3, -0.25) is 9.69 Å². The molecule has 0 radical (unpaired) electrons. The van der Waals surface area contributed by atoms with Crippen molar-refractivity contribution in [3.05, 3.63) is 29.8 Å². The van der Waals surface area contributed by atoms with Crippen molar-refractivity contribution in [3.63, 3.8) is 0 Å². The summed E-state index contributed by atoms with van der Waals surface area (Å²) in [5.41, 5.74) is 0.986. The number of carboxylic acid groups (broad SMARTS) is 1. The maximum atomic E-state index is 11.1. The van der Waals surface area contributed by atoms with Gasteiger partial charge in [0.05, 0.1) is 26.2 Å². The van der Waals surface area contributed by atoms with Crippen LogP contribution in [0.1, 0.15) is 24.9 Å². The summed E-state index contributed by atoms with van der Waals surface area (Å²) in [6.07, 6.45) is 0.0928. The van der Waals surface area contributed by atoms with E-state index in [2.05, 4.69) is 4.90 Å². The Kier molecular flexibility index (Phi) is 5.38. The van der Waals surface area contributed by atoms with E-state index in [4.69, 9.17) is 14.6 Å². The lowest BCUT2D eigenvalue weighted by atomic mass is 10.0. The summed E-state index contributed by atoms with van der Waals surface area (Å²) in [6.45, 7) is 5.37. The summed E-state index contributed by atoms with van der Waals surface area (Å²) in [5, 5.41) is 9.16. The number of nitrogens with zero attached hydrogens (tertiary/aromatic N) is 1. The Labute approximate surface area is 119 Å². The van der Waals surface area contributed by atoms with Crippen molar-refractivity contribution in [2.45, 2.75) is 19.4 Å². The molecule has 5 nitrogen and oxygen atoms in total. The number of benzene rings is 1. The second kappa shape index (κ2) is 7.26. The first-order chi connectivity index (χ1) is 9.70. The van der Waals surface area contributed by atoms with Gasteiger partial charge in [0, 0.05) is 19.1 Å². The van der Waals surface area contributed by atoms with Crippen LogP contribution in [0.15, 0.2) is 24.3 Å². The van der Waals surface area contributed by atoms with Gasteiger partial charge >= 0.3 is 5.97 Å². The van der Waals surface area contributed by atoms with Crippen molar-refractivity contribution < 1.29 is 19.4 Å². The van der Waals surface area contributed by atoms with Crippen LogP contribution < -0.4 is 4.74 Å². The quantitative estimate of drug-likeness (QED) is 0.862. The summed E-state index contributed by atoms with van der Waals surface area (Å²) in [4.78, 5) is 13.3. The summed E-state index contributed by atoms with van der Waals surface area (Å²) in [7, 11) is 0. The minimum Gasteiger partial charge on any atom is -0.494 e. The van der Waals surface area contributed by atoms with E-state index < -0.39 is 5.97 Å². The van der Waals surface area contributed by atoms with Crippen molar-refractivity contribution >= 4 is 5.97 Å². The molecule has 1 unspecified atom stereocenters. The van der Waals surface area contributed by atoms with Crippen LogP contribution in [0.3, 0.4) is 0 Å². The summed E-state index contributed by atoms with van der Waals surface area (Å²) in [6, 6.07) is 7.58. The van der Waals surface area contributed by atoms with E-state index in [0.717, 1.165) is 24.4 Å². The van der Waals surface area contributed by atoms with Gasteiger partial charge in [0.2, 0.25) is 0 Å². The van der Waals surface area contributed by atoms with Gasteiger partial charge in [-0.1, -0.05) is 12.1 Å². The predicted octanol–water partition coefficient (Wildman–Crippen LogP) is 1.93. The zero-order chi connectivity index (χ0) is 14.4. The molecule has 0 saturated carbocycles. The van der Waals surface area contributed by atoms with E-state index in [1.807, 2.05) is 31.2 Å². The lowest BCUT2D eigenvalue weighted by molar-refractivity contribution is -0.139. The zero-order valence-corrected chi connectivity index (χ0v) is 11.7. The van der Waals surface area contributed by atoms with Crippen LogP contribution in [0.5, 0.6) is 5.75 Å². The molecule has 0 aliphatic carbocycles. The van der Waals surface area contributed by atoms with E-state index in [1.165, 1.54) is 0 Å².